The van der Waals surface area contributed by atoms with E-state index in [-0.39, 0.29) is 11.9 Å². The number of carbonyl (C=O) groups is 3. The molecule has 0 spiro atoms. The van der Waals surface area contributed by atoms with E-state index in [0.717, 1.165) is 26.1 Å². The predicted octanol–water partition coefficient (Wildman–Crippen LogP) is 2.71. The Balaban J connectivity index is 0.000000349. The van der Waals surface area contributed by atoms with Crippen LogP contribution in [0.3, 0.4) is 0 Å². The van der Waals surface area contributed by atoms with Gasteiger partial charge in [-0.15, -0.1) is 0 Å². The normalized spacial score (nSPS) is 14.8. The Morgan fingerprint density at radius 1 is 0.902 bits per heavy atom. The van der Waals surface area contributed by atoms with Gasteiger partial charge in [-0.3, -0.25) is 24.3 Å². The molecule has 0 fully saturated rings. The molecule has 0 aromatic carbocycles. The summed E-state index contributed by atoms with van der Waals surface area (Å²) >= 11 is 0. The smallest absolute Gasteiger partial charge is 0.475 e. The third-order valence-corrected chi connectivity index (χ3v) is 5.15. The van der Waals surface area contributed by atoms with Crippen LogP contribution in [0.25, 0.3) is 0 Å². The molecule has 3 aromatic heterocycles. The van der Waals surface area contributed by atoms with Crippen molar-refractivity contribution >= 4 is 17.8 Å². The monoisotopic (exact) mass is 591 g/mol. The molecule has 0 aliphatic carbocycles. The number of carboxylic acids is 2. The number of rotatable bonds is 6. The van der Waals surface area contributed by atoms with Crippen molar-refractivity contribution in [1.82, 2.24) is 34.9 Å². The predicted molar refractivity (Wildman–Crippen MR) is 126 cm³/mol. The number of aliphatic carboxylic acids is 2. The van der Waals surface area contributed by atoms with Crippen LogP contribution in [0.1, 0.15) is 34.2 Å². The average Bonchev–Trinajstić information content (AvgIpc) is 3.38. The number of nitrogens with zero attached hydrogens (tertiary/aromatic N) is 6. The second-order valence-electron chi connectivity index (χ2n) is 8.19. The fraction of sp³-hybridized carbons (Fsp3) is 0.348. The summed E-state index contributed by atoms with van der Waals surface area (Å²) in [6, 6.07) is 6.36. The molecule has 4 rings (SSSR count). The fourth-order valence-electron chi connectivity index (χ4n) is 3.40. The molecular weight excluding hydrogens is 568 g/mol. The first-order valence-electron chi connectivity index (χ1n) is 11.5. The molecule has 12 nitrogen and oxygen atoms in total. The molecule has 1 aliphatic rings. The molecule has 0 radical (unpaired) electrons. The summed E-state index contributed by atoms with van der Waals surface area (Å²) in [5.41, 5.74) is 2.77. The van der Waals surface area contributed by atoms with Crippen LogP contribution >= 0.6 is 0 Å². The molecule has 1 unspecified atom stereocenters. The standard InChI is InChI=1S/C19H21N7O.2C2HF3O2/c27-19(18-11-21-9-10-22-18)23-7-3-16-13-25(12-15-1-5-20-6-2-15)14-17-4-8-24-26(16)17;2*3-2(4,5)1(6)7/h1-2,4-6,8-11,16H,3,7,12-14H2,(H,23,27);2*(H,6,7). The van der Waals surface area contributed by atoms with Crippen LogP contribution in [0, 0.1) is 0 Å². The lowest BCUT2D eigenvalue weighted by Gasteiger charge is -2.34. The number of hydrogen-bond donors (Lipinski definition) is 3. The number of pyridine rings is 1. The van der Waals surface area contributed by atoms with Gasteiger partial charge in [0.05, 0.1) is 17.9 Å². The van der Waals surface area contributed by atoms with Crippen LogP contribution in [0.5, 0.6) is 0 Å². The van der Waals surface area contributed by atoms with Gasteiger partial charge in [0.2, 0.25) is 0 Å². The zero-order valence-corrected chi connectivity index (χ0v) is 20.9. The third-order valence-electron chi connectivity index (χ3n) is 5.15. The third kappa shape index (κ3) is 11.2. The minimum absolute atomic E-state index is 0.201. The first-order chi connectivity index (χ1) is 19.2. The van der Waals surface area contributed by atoms with E-state index in [2.05, 4.69) is 41.0 Å². The van der Waals surface area contributed by atoms with Crippen molar-refractivity contribution in [2.75, 3.05) is 13.1 Å². The van der Waals surface area contributed by atoms with Crippen molar-refractivity contribution in [3.05, 3.63) is 72.3 Å². The molecule has 1 aliphatic heterocycles. The van der Waals surface area contributed by atoms with Crippen molar-refractivity contribution in [2.45, 2.75) is 37.9 Å². The Bertz CT molecular complexity index is 1250. The largest absolute Gasteiger partial charge is 0.490 e. The first-order valence-corrected chi connectivity index (χ1v) is 11.5. The second kappa shape index (κ2) is 14.7. The van der Waals surface area contributed by atoms with E-state index < -0.39 is 24.3 Å². The molecular formula is C23H23F6N7O5. The molecule has 3 N–H and O–H groups in total. The number of nitrogens with one attached hydrogen (secondary N) is 1. The van der Waals surface area contributed by atoms with Crippen LogP contribution in [0.4, 0.5) is 26.3 Å². The summed E-state index contributed by atoms with van der Waals surface area (Å²) in [4.78, 5) is 44.4. The molecule has 0 saturated carbocycles. The Morgan fingerprint density at radius 2 is 1.51 bits per heavy atom. The van der Waals surface area contributed by atoms with Crippen molar-refractivity contribution < 1.29 is 50.9 Å². The Labute approximate surface area is 227 Å². The van der Waals surface area contributed by atoms with Crippen molar-refractivity contribution in [1.29, 1.82) is 0 Å². The van der Waals surface area contributed by atoms with E-state index in [4.69, 9.17) is 19.8 Å². The lowest BCUT2D eigenvalue weighted by molar-refractivity contribution is -0.193. The summed E-state index contributed by atoms with van der Waals surface area (Å²) in [7, 11) is 0. The number of fused-ring (bicyclic) bond motifs is 1. The Hall–Kier alpha value is -4.61. The first kappa shape index (κ1) is 32.6. The summed E-state index contributed by atoms with van der Waals surface area (Å²) < 4.78 is 65.6. The van der Waals surface area contributed by atoms with Crippen molar-refractivity contribution in [2.24, 2.45) is 0 Å². The van der Waals surface area contributed by atoms with E-state index in [1.807, 2.05) is 30.7 Å². The molecule has 0 saturated heterocycles. The maximum Gasteiger partial charge on any atom is 0.490 e. The SMILES string of the molecule is O=C(NCCC1CN(Cc2ccncc2)Cc2ccnn21)c1cnccn1.O=C(O)C(F)(F)F.O=C(O)C(F)(F)F. The molecule has 18 heteroatoms. The fourth-order valence-corrected chi connectivity index (χ4v) is 3.40. The summed E-state index contributed by atoms with van der Waals surface area (Å²) in [6.07, 6.45) is 0.659. The molecule has 1 amide bonds. The van der Waals surface area contributed by atoms with E-state index >= 15 is 0 Å². The van der Waals surface area contributed by atoms with E-state index in [0.29, 0.717) is 12.2 Å². The highest BCUT2D eigenvalue weighted by Crippen LogP contribution is 2.24. The van der Waals surface area contributed by atoms with Gasteiger partial charge in [-0.25, -0.2) is 14.6 Å². The number of hydrogen-bond acceptors (Lipinski definition) is 8. The van der Waals surface area contributed by atoms with Gasteiger partial charge in [0.15, 0.2) is 0 Å². The zero-order valence-electron chi connectivity index (χ0n) is 20.9. The van der Waals surface area contributed by atoms with Crippen LogP contribution < -0.4 is 5.32 Å². The molecule has 4 heterocycles. The maximum atomic E-state index is 12.1. The summed E-state index contributed by atoms with van der Waals surface area (Å²) in [5.74, 6) is -5.71. The maximum absolute atomic E-state index is 12.1. The lowest BCUT2D eigenvalue weighted by atomic mass is 10.1. The number of carbonyl (C=O) groups excluding carboxylic acids is 1. The van der Waals surface area contributed by atoms with Crippen LogP contribution in [-0.4, -0.2) is 83.1 Å². The highest BCUT2D eigenvalue weighted by atomic mass is 19.4. The minimum Gasteiger partial charge on any atom is -0.475 e. The lowest BCUT2D eigenvalue weighted by Crippen LogP contribution is -2.39. The van der Waals surface area contributed by atoms with Crippen LogP contribution in [-0.2, 0) is 22.7 Å². The van der Waals surface area contributed by atoms with E-state index in [1.165, 1.54) is 23.7 Å². The van der Waals surface area contributed by atoms with Gasteiger partial charge < -0.3 is 15.5 Å². The number of amides is 1. The summed E-state index contributed by atoms with van der Waals surface area (Å²) in [5, 5.41) is 21.7. The number of halogens is 6. The number of alkyl halides is 6. The Kier molecular flexibility index (Phi) is 11.7. The van der Waals surface area contributed by atoms with Gasteiger partial charge in [0.1, 0.15) is 5.69 Å². The number of carboxylic acid groups (broad SMARTS) is 2. The van der Waals surface area contributed by atoms with E-state index in [1.54, 1.807) is 6.20 Å². The number of aromatic nitrogens is 5. The quantitative estimate of drug-likeness (QED) is 0.363. The van der Waals surface area contributed by atoms with Crippen molar-refractivity contribution in [3.63, 3.8) is 0 Å². The van der Waals surface area contributed by atoms with Crippen LogP contribution in [0.15, 0.2) is 55.4 Å². The topological polar surface area (TPSA) is 163 Å². The molecule has 41 heavy (non-hydrogen) atoms. The van der Waals surface area contributed by atoms with Gasteiger partial charge in [-0.2, -0.15) is 31.4 Å². The molecule has 222 valence electrons. The van der Waals surface area contributed by atoms with Gasteiger partial charge in [0.25, 0.3) is 5.91 Å². The minimum atomic E-state index is -5.08. The molecule has 3 aromatic rings. The van der Waals surface area contributed by atoms with Crippen LogP contribution in [0.2, 0.25) is 0 Å². The van der Waals surface area contributed by atoms with Gasteiger partial charge >= 0.3 is 24.3 Å². The van der Waals surface area contributed by atoms with E-state index in [9.17, 15) is 31.1 Å². The Morgan fingerprint density at radius 3 is 2.05 bits per heavy atom. The molecule has 0 bridgehead atoms. The highest BCUT2D eigenvalue weighted by molar-refractivity contribution is 5.91. The van der Waals surface area contributed by atoms with Crippen molar-refractivity contribution in [3.8, 4) is 0 Å². The summed E-state index contributed by atoms with van der Waals surface area (Å²) in [6.45, 7) is 3.18. The molecule has 1 atom stereocenters. The average molecular weight is 591 g/mol. The zero-order chi connectivity index (χ0) is 30.6. The van der Waals surface area contributed by atoms with Gasteiger partial charge in [-0.1, -0.05) is 0 Å². The van der Waals surface area contributed by atoms with Gasteiger partial charge in [-0.05, 0) is 30.2 Å². The second-order valence-corrected chi connectivity index (χ2v) is 8.19. The van der Waals surface area contributed by atoms with Gasteiger partial charge in [0, 0.05) is 57.2 Å². The highest BCUT2D eigenvalue weighted by Gasteiger charge is 2.38.